The van der Waals surface area contributed by atoms with Crippen LogP contribution in [0.1, 0.15) is 56.6 Å². The molecule has 16 heavy (non-hydrogen) atoms. The molecule has 2 aliphatic rings. The van der Waals surface area contributed by atoms with Gasteiger partial charge in [0.15, 0.2) is 5.82 Å². The van der Waals surface area contributed by atoms with Crippen LogP contribution < -0.4 is 5.73 Å². The summed E-state index contributed by atoms with van der Waals surface area (Å²) >= 11 is 0. The molecule has 1 aromatic rings. The first-order valence-corrected chi connectivity index (χ1v) is 6.51. The Kier molecular flexibility index (Phi) is 2.46. The molecule has 1 aliphatic carbocycles. The van der Waals surface area contributed by atoms with E-state index in [1.54, 1.807) is 0 Å². The molecule has 1 saturated carbocycles. The van der Waals surface area contributed by atoms with Gasteiger partial charge < -0.3 is 10.3 Å². The Bertz CT molecular complexity index is 374. The SMILES string of the molecule is NC1(c2nnc3n2CCC3)CCCCCC1. The molecule has 0 bridgehead atoms. The lowest BCUT2D eigenvalue weighted by molar-refractivity contribution is 0.347. The molecule has 0 atom stereocenters. The zero-order chi connectivity index (χ0) is 11.0. The van der Waals surface area contributed by atoms with Gasteiger partial charge in [-0.1, -0.05) is 25.7 Å². The van der Waals surface area contributed by atoms with Gasteiger partial charge >= 0.3 is 0 Å². The van der Waals surface area contributed by atoms with Crippen molar-refractivity contribution in [3.63, 3.8) is 0 Å². The Morgan fingerprint density at radius 2 is 1.75 bits per heavy atom. The molecule has 1 fully saturated rings. The van der Waals surface area contributed by atoms with E-state index in [1.165, 1.54) is 32.1 Å². The predicted molar refractivity (Wildman–Crippen MR) is 61.9 cm³/mol. The number of nitrogens with zero attached hydrogens (tertiary/aromatic N) is 3. The summed E-state index contributed by atoms with van der Waals surface area (Å²) in [5.74, 6) is 2.20. The second-order valence-electron chi connectivity index (χ2n) is 5.27. The maximum atomic E-state index is 6.57. The Morgan fingerprint density at radius 3 is 2.50 bits per heavy atom. The van der Waals surface area contributed by atoms with Crippen LogP contribution in [0.5, 0.6) is 0 Å². The van der Waals surface area contributed by atoms with Crippen LogP contribution in [0.2, 0.25) is 0 Å². The summed E-state index contributed by atoms with van der Waals surface area (Å²) in [4.78, 5) is 0. The van der Waals surface area contributed by atoms with E-state index in [2.05, 4.69) is 14.8 Å². The van der Waals surface area contributed by atoms with Gasteiger partial charge in [0.1, 0.15) is 5.82 Å². The summed E-state index contributed by atoms with van der Waals surface area (Å²) < 4.78 is 2.27. The monoisotopic (exact) mass is 220 g/mol. The van der Waals surface area contributed by atoms with Crippen LogP contribution in [0.15, 0.2) is 0 Å². The minimum absolute atomic E-state index is 0.202. The second kappa shape index (κ2) is 3.84. The number of hydrogen-bond donors (Lipinski definition) is 1. The minimum Gasteiger partial charge on any atom is -0.319 e. The highest BCUT2D eigenvalue weighted by atomic mass is 15.3. The maximum Gasteiger partial charge on any atom is 0.153 e. The lowest BCUT2D eigenvalue weighted by Gasteiger charge is -2.27. The summed E-state index contributed by atoms with van der Waals surface area (Å²) in [6.07, 6.45) is 9.53. The first kappa shape index (κ1) is 10.3. The molecule has 4 nitrogen and oxygen atoms in total. The fourth-order valence-corrected chi connectivity index (χ4v) is 3.10. The van der Waals surface area contributed by atoms with Gasteiger partial charge in [-0.2, -0.15) is 0 Å². The van der Waals surface area contributed by atoms with Crippen molar-refractivity contribution in [2.24, 2.45) is 5.73 Å². The maximum absolute atomic E-state index is 6.57. The molecule has 0 aromatic carbocycles. The van der Waals surface area contributed by atoms with Gasteiger partial charge in [-0.15, -0.1) is 10.2 Å². The lowest BCUT2D eigenvalue weighted by atomic mass is 9.90. The van der Waals surface area contributed by atoms with E-state index in [9.17, 15) is 0 Å². The van der Waals surface area contributed by atoms with Crippen LogP contribution >= 0.6 is 0 Å². The molecule has 3 rings (SSSR count). The normalized spacial score (nSPS) is 24.1. The van der Waals surface area contributed by atoms with E-state index in [0.717, 1.165) is 37.5 Å². The highest BCUT2D eigenvalue weighted by Crippen LogP contribution is 2.34. The van der Waals surface area contributed by atoms with E-state index in [0.29, 0.717) is 0 Å². The molecule has 1 aromatic heterocycles. The fraction of sp³-hybridized carbons (Fsp3) is 0.833. The van der Waals surface area contributed by atoms with E-state index in [-0.39, 0.29) is 5.54 Å². The van der Waals surface area contributed by atoms with Crippen molar-refractivity contribution < 1.29 is 0 Å². The summed E-state index contributed by atoms with van der Waals surface area (Å²) in [6, 6.07) is 0. The predicted octanol–water partition coefficient (Wildman–Crippen LogP) is 1.73. The van der Waals surface area contributed by atoms with Crippen molar-refractivity contribution in [3.8, 4) is 0 Å². The first-order valence-electron chi connectivity index (χ1n) is 6.51. The van der Waals surface area contributed by atoms with Gasteiger partial charge in [0.25, 0.3) is 0 Å². The van der Waals surface area contributed by atoms with Crippen molar-refractivity contribution in [3.05, 3.63) is 11.6 Å². The Labute approximate surface area is 96.2 Å². The molecule has 4 heteroatoms. The van der Waals surface area contributed by atoms with Crippen LogP contribution in [0.3, 0.4) is 0 Å². The largest absolute Gasteiger partial charge is 0.319 e. The van der Waals surface area contributed by atoms with E-state index in [1.807, 2.05) is 0 Å². The molecule has 0 spiro atoms. The Morgan fingerprint density at radius 1 is 1.00 bits per heavy atom. The number of nitrogens with two attached hydrogens (primary N) is 1. The number of rotatable bonds is 1. The molecule has 88 valence electrons. The second-order valence-corrected chi connectivity index (χ2v) is 5.27. The molecule has 0 amide bonds. The first-order chi connectivity index (χ1) is 7.80. The summed E-state index contributed by atoms with van der Waals surface area (Å²) in [6.45, 7) is 1.07. The number of fused-ring (bicyclic) bond motifs is 1. The summed E-state index contributed by atoms with van der Waals surface area (Å²) in [7, 11) is 0. The topological polar surface area (TPSA) is 56.7 Å². The quantitative estimate of drug-likeness (QED) is 0.733. The summed E-state index contributed by atoms with van der Waals surface area (Å²) in [5.41, 5.74) is 6.37. The van der Waals surface area contributed by atoms with Gasteiger partial charge in [0, 0.05) is 13.0 Å². The van der Waals surface area contributed by atoms with Crippen molar-refractivity contribution in [2.75, 3.05) is 0 Å². The standard InChI is InChI=1S/C12H20N4/c13-12(7-3-1-2-4-8-12)11-15-14-10-6-5-9-16(10)11/h1-9,13H2. The van der Waals surface area contributed by atoms with Gasteiger partial charge in [-0.05, 0) is 19.3 Å². The van der Waals surface area contributed by atoms with E-state index >= 15 is 0 Å². The Balaban J connectivity index is 1.94. The van der Waals surface area contributed by atoms with Gasteiger partial charge in [0.2, 0.25) is 0 Å². The third-order valence-electron chi connectivity index (χ3n) is 4.05. The van der Waals surface area contributed by atoms with Crippen molar-refractivity contribution in [1.29, 1.82) is 0 Å². The van der Waals surface area contributed by atoms with Crippen LogP contribution in [0.25, 0.3) is 0 Å². The van der Waals surface area contributed by atoms with Crippen molar-refractivity contribution in [1.82, 2.24) is 14.8 Å². The smallest absolute Gasteiger partial charge is 0.153 e. The van der Waals surface area contributed by atoms with E-state index < -0.39 is 0 Å². The average molecular weight is 220 g/mol. The third kappa shape index (κ3) is 1.56. The third-order valence-corrected chi connectivity index (χ3v) is 4.05. The lowest BCUT2D eigenvalue weighted by Crippen LogP contribution is -2.39. The Hall–Kier alpha value is -0.900. The zero-order valence-electron chi connectivity index (χ0n) is 9.78. The van der Waals surface area contributed by atoms with Crippen LogP contribution in [-0.4, -0.2) is 14.8 Å². The van der Waals surface area contributed by atoms with Crippen molar-refractivity contribution in [2.45, 2.75) is 63.5 Å². The zero-order valence-corrected chi connectivity index (χ0v) is 9.78. The highest BCUT2D eigenvalue weighted by molar-refractivity contribution is 5.11. The molecular weight excluding hydrogens is 200 g/mol. The summed E-state index contributed by atoms with van der Waals surface area (Å²) in [5, 5.41) is 8.64. The van der Waals surface area contributed by atoms with Crippen molar-refractivity contribution >= 4 is 0 Å². The van der Waals surface area contributed by atoms with Gasteiger partial charge in [-0.3, -0.25) is 0 Å². The van der Waals surface area contributed by atoms with Crippen LogP contribution in [0.4, 0.5) is 0 Å². The van der Waals surface area contributed by atoms with Crippen LogP contribution in [0, 0.1) is 0 Å². The molecule has 2 heterocycles. The van der Waals surface area contributed by atoms with Gasteiger partial charge in [0.05, 0.1) is 5.54 Å². The fourth-order valence-electron chi connectivity index (χ4n) is 3.10. The molecule has 0 saturated heterocycles. The van der Waals surface area contributed by atoms with E-state index in [4.69, 9.17) is 5.73 Å². The molecule has 1 aliphatic heterocycles. The van der Waals surface area contributed by atoms with Crippen LogP contribution in [-0.2, 0) is 18.5 Å². The molecule has 0 unspecified atom stereocenters. The average Bonchev–Trinajstić information content (AvgIpc) is 2.79. The number of hydrogen-bond acceptors (Lipinski definition) is 3. The molecule has 0 radical (unpaired) electrons. The minimum atomic E-state index is -0.202. The highest BCUT2D eigenvalue weighted by Gasteiger charge is 2.35. The number of aryl methyl sites for hydroxylation is 1. The molecule has 2 N–H and O–H groups in total. The number of aromatic nitrogens is 3. The van der Waals surface area contributed by atoms with Gasteiger partial charge in [-0.25, -0.2) is 0 Å². The molecular formula is C12H20N4.